The summed E-state index contributed by atoms with van der Waals surface area (Å²) in [6.45, 7) is 0.999. The van der Waals surface area contributed by atoms with Crippen LogP contribution in [0.2, 0.25) is 0 Å². The van der Waals surface area contributed by atoms with Crippen molar-refractivity contribution in [2.75, 3.05) is 13.1 Å². The highest BCUT2D eigenvalue weighted by Crippen LogP contribution is 2.10. The van der Waals surface area contributed by atoms with Crippen molar-refractivity contribution < 1.29 is 19.2 Å². The van der Waals surface area contributed by atoms with Crippen molar-refractivity contribution in [3.63, 3.8) is 0 Å². The highest BCUT2D eigenvalue weighted by Gasteiger charge is 2.24. The van der Waals surface area contributed by atoms with Gasteiger partial charge in [-0.2, -0.15) is 5.06 Å². The van der Waals surface area contributed by atoms with Crippen LogP contribution in [0.1, 0.15) is 42.5 Å². The number of hydrogen-bond donors (Lipinski definition) is 1. The highest BCUT2D eigenvalue weighted by atomic mass is 16.7. The fourth-order valence-corrected chi connectivity index (χ4v) is 2.17. The summed E-state index contributed by atoms with van der Waals surface area (Å²) in [4.78, 5) is 39.3. The van der Waals surface area contributed by atoms with E-state index in [-0.39, 0.29) is 30.6 Å². The van der Waals surface area contributed by atoms with Crippen molar-refractivity contribution in [2.24, 2.45) is 0 Å². The van der Waals surface area contributed by atoms with Gasteiger partial charge in [0.15, 0.2) is 0 Å². The molecule has 6 nitrogen and oxygen atoms in total. The van der Waals surface area contributed by atoms with E-state index in [0.29, 0.717) is 18.7 Å². The van der Waals surface area contributed by atoms with Crippen LogP contribution in [-0.4, -0.2) is 35.9 Å². The normalized spacial score (nSPS) is 14.6. The molecule has 0 unspecified atom stereocenters. The first-order valence-electron chi connectivity index (χ1n) is 7.51. The number of carbonyl (C=O) groups excluding carboxylic acids is 3. The molecule has 1 N–H and O–H groups in total. The summed E-state index contributed by atoms with van der Waals surface area (Å²) in [6, 6.07) is 9.06. The Morgan fingerprint density at radius 2 is 1.86 bits per heavy atom. The van der Waals surface area contributed by atoms with E-state index in [9.17, 15) is 14.4 Å². The van der Waals surface area contributed by atoms with E-state index in [1.54, 1.807) is 12.1 Å². The number of benzene rings is 1. The molecule has 22 heavy (non-hydrogen) atoms. The third-order valence-corrected chi connectivity index (χ3v) is 3.39. The SMILES string of the molecule is O=C1CCC(=O)N(CCCCCNC(=O)c2ccccc2)O1. The van der Waals surface area contributed by atoms with E-state index in [1.165, 1.54) is 0 Å². The Kier molecular flexibility index (Phi) is 5.94. The zero-order chi connectivity index (χ0) is 15.8. The van der Waals surface area contributed by atoms with Gasteiger partial charge in [0, 0.05) is 18.5 Å². The number of carbonyl (C=O) groups is 3. The number of nitrogens with zero attached hydrogens (tertiary/aromatic N) is 1. The number of nitrogens with one attached hydrogen (secondary N) is 1. The number of hydroxylamine groups is 2. The second-order valence-electron chi connectivity index (χ2n) is 5.14. The van der Waals surface area contributed by atoms with Crippen LogP contribution < -0.4 is 5.32 Å². The van der Waals surface area contributed by atoms with E-state index in [2.05, 4.69) is 5.32 Å². The first kappa shape index (κ1) is 16.0. The lowest BCUT2D eigenvalue weighted by atomic mass is 10.2. The third-order valence-electron chi connectivity index (χ3n) is 3.39. The Bertz CT molecular complexity index is 530. The molecule has 1 heterocycles. The third kappa shape index (κ3) is 4.87. The zero-order valence-electron chi connectivity index (χ0n) is 12.4. The molecule has 0 atom stereocenters. The lowest BCUT2D eigenvalue weighted by molar-refractivity contribution is -0.206. The Balaban J connectivity index is 1.57. The molecule has 1 aliphatic heterocycles. The maximum atomic E-state index is 11.8. The van der Waals surface area contributed by atoms with Crippen molar-refractivity contribution in [2.45, 2.75) is 32.1 Å². The molecule has 0 radical (unpaired) electrons. The van der Waals surface area contributed by atoms with Crippen LogP contribution >= 0.6 is 0 Å². The molecular formula is C16H20N2O4. The molecule has 0 spiro atoms. The van der Waals surface area contributed by atoms with Crippen molar-refractivity contribution in [1.82, 2.24) is 10.4 Å². The fraction of sp³-hybridized carbons (Fsp3) is 0.438. The van der Waals surface area contributed by atoms with Gasteiger partial charge in [0.2, 0.25) is 0 Å². The lowest BCUT2D eigenvalue weighted by Gasteiger charge is -2.24. The lowest BCUT2D eigenvalue weighted by Crippen LogP contribution is -2.38. The van der Waals surface area contributed by atoms with Gasteiger partial charge in [-0.3, -0.25) is 9.59 Å². The van der Waals surface area contributed by atoms with Gasteiger partial charge >= 0.3 is 5.97 Å². The largest absolute Gasteiger partial charge is 0.352 e. The topological polar surface area (TPSA) is 75.7 Å². The second kappa shape index (κ2) is 8.17. The Labute approximate surface area is 129 Å². The molecule has 0 saturated carbocycles. The number of hydrogen-bond acceptors (Lipinski definition) is 4. The molecule has 2 rings (SSSR count). The van der Waals surface area contributed by atoms with E-state index < -0.39 is 0 Å². The molecule has 1 aromatic rings. The maximum absolute atomic E-state index is 11.8. The van der Waals surface area contributed by atoms with Crippen molar-refractivity contribution >= 4 is 17.8 Å². The van der Waals surface area contributed by atoms with Crippen LogP contribution in [0.5, 0.6) is 0 Å². The van der Waals surface area contributed by atoms with Crippen LogP contribution in [0.15, 0.2) is 30.3 Å². The molecule has 0 bridgehead atoms. The Hall–Kier alpha value is -2.37. The van der Waals surface area contributed by atoms with Gasteiger partial charge in [0.1, 0.15) is 0 Å². The number of amides is 2. The highest BCUT2D eigenvalue weighted by molar-refractivity contribution is 5.94. The van der Waals surface area contributed by atoms with Gasteiger partial charge < -0.3 is 10.2 Å². The monoisotopic (exact) mass is 304 g/mol. The van der Waals surface area contributed by atoms with E-state index in [1.807, 2.05) is 18.2 Å². The molecule has 0 aromatic heterocycles. The first-order valence-corrected chi connectivity index (χ1v) is 7.51. The minimum atomic E-state index is -0.352. The summed E-state index contributed by atoms with van der Waals surface area (Å²) in [7, 11) is 0. The van der Waals surface area contributed by atoms with Crippen LogP contribution in [0.4, 0.5) is 0 Å². The molecular weight excluding hydrogens is 284 g/mol. The predicted octanol–water partition coefficient (Wildman–Crippen LogP) is 1.67. The van der Waals surface area contributed by atoms with Crippen molar-refractivity contribution in [3.05, 3.63) is 35.9 Å². The van der Waals surface area contributed by atoms with Gasteiger partial charge in [0.05, 0.1) is 13.0 Å². The summed E-state index contributed by atoms with van der Waals surface area (Å²) in [5.74, 6) is -0.576. The summed E-state index contributed by atoms with van der Waals surface area (Å²) in [5, 5.41) is 4.00. The van der Waals surface area contributed by atoms with Crippen LogP contribution in [0.25, 0.3) is 0 Å². The van der Waals surface area contributed by atoms with E-state index in [4.69, 9.17) is 4.84 Å². The average Bonchev–Trinajstić information content (AvgIpc) is 2.54. The quantitative estimate of drug-likeness (QED) is 0.777. The molecule has 6 heteroatoms. The Morgan fingerprint density at radius 3 is 2.64 bits per heavy atom. The van der Waals surface area contributed by atoms with Crippen LogP contribution in [0.3, 0.4) is 0 Å². The van der Waals surface area contributed by atoms with Gasteiger partial charge in [-0.15, -0.1) is 0 Å². The van der Waals surface area contributed by atoms with E-state index in [0.717, 1.165) is 24.3 Å². The van der Waals surface area contributed by atoms with E-state index >= 15 is 0 Å². The fourth-order valence-electron chi connectivity index (χ4n) is 2.17. The average molecular weight is 304 g/mol. The molecule has 2 amide bonds. The van der Waals surface area contributed by atoms with Gasteiger partial charge in [-0.1, -0.05) is 18.2 Å². The number of rotatable bonds is 7. The minimum Gasteiger partial charge on any atom is -0.352 e. The zero-order valence-corrected chi connectivity index (χ0v) is 12.4. The van der Waals surface area contributed by atoms with Crippen molar-refractivity contribution in [3.8, 4) is 0 Å². The second-order valence-corrected chi connectivity index (χ2v) is 5.14. The standard InChI is InChI=1S/C16H20N2O4/c19-14-9-10-15(20)22-18(14)12-6-2-5-11-17-16(21)13-7-3-1-4-8-13/h1,3-4,7-8H,2,5-6,9-12H2,(H,17,21). The molecule has 1 aromatic carbocycles. The van der Waals surface area contributed by atoms with Crippen molar-refractivity contribution in [1.29, 1.82) is 0 Å². The number of unbranched alkanes of at least 4 members (excludes halogenated alkanes) is 2. The molecule has 1 saturated heterocycles. The van der Waals surface area contributed by atoms with Gasteiger partial charge in [-0.05, 0) is 31.4 Å². The summed E-state index contributed by atoms with van der Waals surface area (Å²) in [5.41, 5.74) is 0.647. The van der Waals surface area contributed by atoms with Gasteiger partial charge in [-0.25, -0.2) is 4.79 Å². The minimum absolute atomic E-state index is 0.0826. The molecule has 118 valence electrons. The maximum Gasteiger partial charge on any atom is 0.333 e. The Morgan fingerprint density at radius 1 is 1.09 bits per heavy atom. The summed E-state index contributed by atoms with van der Waals surface area (Å²) in [6.07, 6.45) is 2.79. The smallest absolute Gasteiger partial charge is 0.333 e. The molecule has 1 aliphatic rings. The summed E-state index contributed by atoms with van der Waals surface area (Å²) >= 11 is 0. The predicted molar refractivity (Wildman–Crippen MR) is 79.7 cm³/mol. The molecule has 1 fully saturated rings. The first-order chi connectivity index (χ1) is 10.7. The molecule has 0 aliphatic carbocycles. The van der Waals surface area contributed by atoms with Crippen LogP contribution in [0, 0.1) is 0 Å². The summed E-state index contributed by atoms with van der Waals surface area (Å²) < 4.78 is 0. The van der Waals surface area contributed by atoms with Crippen LogP contribution in [-0.2, 0) is 14.4 Å². The van der Waals surface area contributed by atoms with Gasteiger partial charge in [0.25, 0.3) is 11.8 Å².